The van der Waals surface area contributed by atoms with Crippen LogP contribution < -0.4 is 10.6 Å². The second-order valence-electron chi connectivity index (χ2n) is 5.16. The monoisotopic (exact) mass is 280 g/mol. The first-order chi connectivity index (χ1) is 9.19. The third-order valence-corrected chi connectivity index (χ3v) is 4.60. The number of thiazole rings is 1. The molecule has 1 saturated carbocycles. The van der Waals surface area contributed by atoms with Gasteiger partial charge in [0.1, 0.15) is 0 Å². The summed E-state index contributed by atoms with van der Waals surface area (Å²) in [6.07, 6.45) is 5.06. The molecule has 2 rings (SSSR count). The molecule has 1 aliphatic rings. The maximum atomic E-state index is 4.54. The van der Waals surface area contributed by atoms with Gasteiger partial charge in [-0.05, 0) is 26.2 Å². The molecule has 106 valence electrons. The summed E-state index contributed by atoms with van der Waals surface area (Å²) >= 11 is 1.79. The first-order valence-corrected chi connectivity index (χ1v) is 7.88. The first-order valence-electron chi connectivity index (χ1n) is 7.06. The second kappa shape index (κ2) is 6.89. The lowest BCUT2D eigenvalue weighted by atomic mass is 10.3. The van der Waals surface area contributed by atoms with Gasteiger partial charge in [0.25, 0.3) is 0 Å². The van der Waals surface area contributed by atoms with Crippen molar-refractivity contribution < 1.29 is 0 Å². The summed E-state index contributed by atoms with van der Waals surface area (Å²) in [4.78, 5) is 10.1. The smallest absolute Gasteiger partial charge is 0.190 e. The molecule has 1 aliphatic carbocycles. The molecule has 4 nitrogen and oxygen atoms in total. The Morgan fingerprint density at radius 2 is 2.05 bits per heavy atom. The van der Waals surface area contributed by atoms with Gasteiger partial charge in [-0.1, -0.05) is 12.8 Å². The fourth-order valence-corrected chi connectivity index (χ4v) is 2.89. The van der Waals surface area contributed by atoms with E-state index in [1.807, 2.05) is 7.05 Å². The van der Waals surface area contributed by atoms with Gasteiger partial charge in [0.15, 0.2) is 5.96 Å². The third kappa shape index (κ3) is 4.82. The topological polar surface area (TPSA) is 49.3 Å². The molecule has 0 aliphatic heterocycles. The molecule has 0 unspecified atom stereocenters. The zero-order chi connectivity index (χ0) is 13.7. The average Bonchev–Trinajstić information content (AvgIpc) is 3.15. The van der Waals surface area contributed by atoms with Crippen molar-refractivity contribution in [2.24, 2.45) is 10.9 Å². The van der Waals surface area contributed by atoms with E-state index in [0.717, 1.165) is 37.1 Å². The number of hydrogen-bond donors (Lipinski definition) is 2. The van der Waals surface area contributed by atoms with Crippen LogP contribution in [0, 0.1) is 19.8 Å². The van der Waals surface area contributed by atoms with Gasteiger partial charge in [-0.2, -0.15) is 0 Å². The van der Waals surface area contributed by atoms with Crippen molar-refractivity contribution in [3.63, 3.8) is 0 Å². The lowest BCUT2D eigenvalue weighted by molar-refractivity contribution is 0.684. The van der Waals surface area contributed by atoms with Crippen molar-refractivity contribution in [2.75, 3.05) is 20.1 Å². The molecule has 1 aromatic heterocycles. The molecule has 0 radical (unpaired) electrons. The van der Waals surface area contributed by atoms with Crippen LogP contribution in [0.1, 0.15) is 34.8 Å². The average molecular weight is 280 g/mol. The van der Waals surface area contributed by atoms with E-state index in [4.69, 9.17) is 0 Å². The van der Waals surface area contributed by atoms with Gasteiger partial charge in [-0.15, -0.1) is 11.3 Å². The summed E-state index contributed by atoms with van der Waals surface area (Å²) < 4.78 is 0. The number of guanidine groups is 1. The Hall–Kier alpha value is -1.10. The summed E-state index contributed by atoms with van der Waals surface area (Å²) in [5, 5.41) is 7.92. The van der Waals surface area contributed by atoms with Crippen molar-refractivity contribution in [3.05, 3.63) is 15.6 Å². The predicted octanol–water partition coefficient (Wildman–Crippen LogP) is 2.27. The van der Waals surface area contributed by atoms with E-state index in [1.165, 1.54) is 29.1 Å². The van der Waals surface area contributed by atoms with Crippen LogP contribution in [0.4, 0.5) is 0 Å². The summed E-state index contributed by atoms with van der Waals surface area (Å²) in [5.74, 6) is 1.87. The van der Waals surface area contributed by atoms with Gasteiger partial charge in [0.05, 0.1) is 10.7 Å². The van der Waals surface area contributed by atoms with Crippen LogP contribution in [0.3, 0.4) is 0 Å². The summed E-state index contributed by atoms with van der Waals surface area (Å²) in [6.45, 7) is 6.11. The van der Waals surface area contributed by atoms with Crippen molar-refractivity contribution in [3.8, 4) is 0 Å². The van der Waals surface area contributed by atoms with E-state index >= 15 is 0 Å². The minimum Gasteiger partial charge on any atom is -0.356 e. The third-order valence-electron chi connectivity index (χ3n) is 3.47. The van der Waals surface area contributed by atoms with E-state index < -0.39 is 0 Å². The van der Waals surface area contributed by atoms with Crippen LogP contribution in [0.25, 0.3) is 0 Å². The van der Waals surface area contributed by atoms with E-state index in [-0.39, 0.29) is 0 Å². The predicted molar refractivity (Wildman–Crippen MR) is 82.0 cm³/mol. The Balaban J connectivity index is 1.64. The van der Waals surface area contributed by atoms with Crippen molar-refractivity contribution in [1.29, 1.82) is 0 Å². The zero-order valence-electron chi connectivity index (χ0n) is 12.1. The molecule has 0 saturated heterocycles. The van der Waals surface area contributed by atoms with Crippen molar-refractivity contribution in [2.45, 2.75) is 39.5 Å². The SMILES string of the molecule is CN=C(NCCc1nc(C)c(C)s1)NCCC1CC1. The van der Waals surface area contributed by atoms with Gasteiger partial charge in [-0.25, -0.2) is 4.98 Å². The fraction of sp³-hybridized carbons (Fsp3) is 0.714. The van der Waals surface area contributed by atoms with E-state index in [1.54, 1.807) is 11.3 Å². The summed E-state index contributed by atoms with van der Waals surface area (Å²) in [6, 6.07) is 0. The maximum Gasteiger partial charge on any atom is 0.190 e. The highest BCUT2D eigenvalue weighted by molar-refractivity contribution is 7.11. The van der Waals surface area contributed by atoms with E-state index in [9.17, 15) is 0 Å². The van der Waals surface area contributed by atoms with Crippen LogP contribution in [-0.4, -0.2) is 31.1 Å². The zero-order valence-corrected chi connectivity index (χ0v) is 12.9. The molecule has 5 heteroatoms. The van der Waals surface area contributed by atoms with Crippen molar-refractivity contribution in [1.82, 2.24) is 15.6 Å². The summed E-state index contributed by atoms with van der Waals surface area (Å²) in [5.41, 5.74) is 1.16. The first kappa shape index (κ1) is 14.3. The fourth-order valence-electron chi connectivity index (χ4n) is 1.96. The Labute approximate surface area is 119 Å². The molecular weight excluding hydrogens is 256 g/mol. The number of aliphatic imine (C=N–C) groups is 1. The molecule has 1 aromatic rings. The van der Waals surface area contributed by atoms with Crippen LogP contribution in [0.15, 0.2) is 4.99 Å². The number of nitrogens with zero attached hydrogens (tertiary/aromatic N) is 2. The van der Waals surface area contributed by atoms with Crippen LogP contribution >= 0.6 is 11.3 Å². The molecular formula is C14H24N4S. The normalized spacial score (nSPS) is 15.6. The number of aromatic nitrogens is 1. The standard InChI is InChI=1S/C14H24N4S/c1-10-11(2)19-13(18-10)7-9-17-14(15-3)16-8-6-12-4-5-12/h12H,4-9H2,1-3H3,(H2,15,16,17). The van der Waals surface area contributed by atoms with E-state index in [2.05, 4.69) is 34.5 Å². The van der Waals surface area contributed by atoms with Crippen LogP contribution in [-0.2, 0) is 6.42 Å². The molecule has 2 N–H and O–H groups in total. The Morgan fingerprint density at radius 1 is 1.32 bits per heavy atom. The Kier molecular flexibility index (Phi) is 5.19. The number of rotatable bonds is 6. The Bertz CT molecular complexity index is 415. The highest BCUT2D eigenvalue weighted by Gasteiger charge is 2.20. The molecule has 0 spiro atoms. The molecule has 19 heavy (non-hydrogen) atoms. The highest BCUT2D eigenvalue weighted by atomic mass is 32.1. The molecule has 0 aromatic carbocycles. The van der Waals surface area contributed by atoms with Crippen LogP contribution in [0.2, 0.25) is 0 Å². The lowest BCUT2D eigenvalue weighted by Gasteiger charge is -2.10. The molecule has 0 bridgehead atoms. The van der Waals surface area contributed by atoms with E-state index in [0.29, 0.717) is 0 Å². The van der Waals surface area contributed by atoms with Gasteiger partial charge >= 0.3 is 0 Å². The van der Waals surface area contributed by atoms with Gasteiger partial charge < -0.3 is 10.6 Å². The highest BCUT2D eigenvalue weighted by Crippen LogP contribution is 2.31. The Morgan fingerprint density at radius 3 is 2.63 bits per heavy atom. The minimum absolute atomic E-state index is 0.884. The maximum absolute atomic E-state index is 4.54. The number of aryl methyl sites for hydroxylation is 2. The molecule has 0 amide bonds. The summed E-state index contributed by atoms with van der Waals surface area (Å²) in [7, 11) is 1.82. The molecule has 1 heterocycles. The minimum atomic E-state index is 0.884. The van der Waals surface area contributed by atoms with Gasteiger partial charge in [0, 0.05) is 31.4 Å². The van der Waals surface area contributed by atoms with Gasteiger partial charge in [0.2, 0.25) is 0 Å². The molecule has 1 fully saturated rings. The molecule has 0 atom stereocenters. The largest absolute Gasteiger partial charge is 0.356 e. The van der Waals surface area contributed by atoms with Gasteiger partial charge in [-0.3, -0.25) is 4.99 Å². The number of hydrogen-bond acceptors (Lipinski definition) is 3. The lowest BCUT2D eigenvalue weighted by Crippen LogP contribution is -2.38. The van der Waals surface area contributed by atoms with Crippen LogP contribution in [0.5, 0.6) is 0 Å². The quantitative estimate of drug-likeness (QED) is 0.621. The van der Waals surface area contributed by atoms with Crippen molar-refractivity contribution >= 4 is 17.3 Å². The second-order valence-corrected chi connectivity index (χ2v) is 6.44. The number of nitrogens with one attached hydrogen (secondary N) is 2.